The van der Waals surface area contributed by atoms with Crippen molar-refractivity contribution in [1.29, 1.82) is 0 Å². The van der Waals surface area contributed by atoms with Crippen LogP contribution in [0.15, 0.2) is 35.9 Å². The number of nitrogens with one attached hydrogen (secondary N) is 1. The van der Waals surface area contributed by atoms with Gasteiger partial charge < -0.3 is 9.47 Å². The first-order chi connectivity index (χ1) is 15.3. The summed E-state index contributed by atoms with van der Waals surface area (Å²) in [5.74, 6) is 1.89. The van der Waals surface area contributed by atoms with Gasteiger partial charge in [-0.05, 0) is 80.0 Å². The van der Waals surface area contributed by atoms with Gasteiger partial charge in [0.15, 0.2) is 16.6 Å². The number of aryl methyl sites for hydroxylation is 2. The van der Waals surface area contributed by atoms with Crippen molar-refractivity contribution in [1.82, 2.24) is 5.32 Å². The van der Waals surface area contributed by atoms with Crippen molar-refractivity contribution in [2.75, 3.05) is 18.1 Å². The van der Waals surface area contributed by atoms with Crippen LogP contribution in [0.4, 0.5) is 5.69 Å². The van der Waals surface area contributed by atoms with E-state index in [2.05, 4.69) is 11.2 Å². The summed E-state index contributed by atoms with van der Waals surface area (Å²) < 4.78 is 11.1. The second-order valence-corrected chi connectivity index (χ2v) is 7.78. The highest BCUT2D eigenvalue weighted by Gasteiger charge is 2.34. The summed E-state index contributed by atoms with van der Waals surface area (Å²) in [4.78, 5) is 27.1. The molecule has 0 bridgehead atoms. The normalized spacial score (nSPS) is 14.9. The van der Waals surface area contributed by atoms with E-state index in [4.69, 9.17) is 39.7 Å². The predicted molar refractivity (Wildman–Crippen MR) is 129 cm³/mol. The average molecular weight is 469 g/mol. The van der Waals surface area contributed by atoms with Gasteiger partial charge in [-0.15, -0.1) is 6.42 Å². The van der Waals surface area contributed by atoms with Crippen LogP contribution >= 0.6 is 23.8 Å². The molecule has 3 rings (SSSR count). The lowest BCUT2D eigenvalue weighted by Gasteiger charge is -2.29. The summed E-state index contributed by atoms with van der Waals surface area (Å²) in [5.41, 5.74) is 3.04. The number of amides is 2. The molecule has 0 radical (unpaired) electrons. The first-order valence-electron chi connectivity index (χ1n) is 9.78. The lowest BCUT2D eigenvalue weighted by molar-refractivity contribution is -0.122. The number of benzene rings is 2. The standard InChI is InChI=1S/C24H21ClN2O4S/c1-5-9-31-21-19(25)12-16(13-20(21)30-6-2)11-18-22(28)26-24(32)27(23(18)29)17-8-7-14(3)15(4)10-17/h1,7-8,10-13H,6,9H2,2-4H3,(H,26,28,32)/b18-11+. The summed E-state index contributed by atoms with van der Waals surface area (Å²) in [6, 6.07) is 8.71. The van der Waals surface area contributed by atoms with Gasteiger partial charge in [0.1, 0.15) is 12.2 Å². The molecule has 8 heteroatoms. The van der Waals surface area contributed by atoms with Crippen LogP contribution in [-0.2, 0) is 9.59 Å². The van der Waals surface area contributed by atoms with Crippen molar-refractivity contribution in [2.24, 2.45) is 0 Å². The summed E-state index contributed by atoms with van der Waals surface area (Å²) in [6.45, 7) is 6.09. The molecule has 1 heterocycles. The molecule has 0 atom stereocenters. The average Bonchev–Trinajstić information content (AvgIpc) is 2.73. The van der Waals surface area contributed by atoms with E-state index < -0.39 is 11.8 Å². The fourth-order valence-electron chi connectivity index (χ4n) is 3.11. The topological polar surface area (TPSA) is 67.9 Å². The van der Waals surface area contributed by atoms with E-state index in [1.54, 1.807) is 18.2 Å². The van der Waals surface area contributed by atoms with Crippen LogP contribution < -0.4 is 19.7 Å². The third kappa shape index (κ3) is 4.77. The summed E-state index contributed by atoms with van der Waals surface area (Å²) in [7, 11) is 0. The molecule has 0 unspecified atom stereocenters. The van der Waals surface area contributed by atoms with Crippen molar-refractivity contribution in [3.8, 4) is 23.8 Å². The van der Waals surface area contributed by atoms with Gasteiger partial charge in [0.25, 0.3) is 11.8 Å². The van der Waals surface area contributed by atoms with Gasteiger partial charge in [0.05, 0.1) is 17.3 Å². The van der Waals surface area contributed by atoms with Gasteiger partial charge in [-0.25, -0.2) is 0 Å². The van der Waals surface area contributed by atoms with E-state index in [0.717, 1.165) is 11.1 Å². The second kappa shape index (κ2) is 9.86. The Morgan fingerprint density at radius 3 is 2.59 bits per heavy atom. The number of carbonyl (C=O) groups is 2. The van der Waals surface area contributed by atoms with Gasteiger partial charge in [-0.2, -0.15) is 0 Å². The van der Waals surface area contributed by atoms with E-state index in [9.17, 15) is 9.59 Å². The van der Waals surface area contributed by atoms with Crippen LogP contribution in [0, 0.1) is 26.2 Å². The number of hydrogen-bond acceptors (Lipinski definition) is 5. The third-order valence-electron chi connectivity index (χ3n) is 4.79. The SMILES string of the molecule is C#CCOc1c(Cl)cc(/C=C2\C(=O)NC(=S)N(c3ccc(C)c(C)c3)C2=O)cc1OCC. The maximum atomic E-state index is 13.2. The number of rotatable bonds is 6. The molecule has 1 N–H and O–H groups in total. The van der Waals surface area contributed by atoms with Gasteiger partial charge in [0.2, 0.25) is 0 Å². The predicted octanol–water partition coefficient (Wildman–Crippen LogP) is 4.20. The maximum absolute atomic E-state index is 13.2. The Morgan fingerprint density at radius 1 is 1.19 bits per heavy atom. The molecular weight excluding hydrogens is 448 g/mol. The largest absolute Gasteiger partial charge is 0.490 e. The maximum Gasteiger partial charge on any atom is 0.270 e. The van der Waals surface area contributed by atoms with E-state index in [-0.39, 0.29) is 22.3 Å². The van der Waals surface area contributed by atoms with Crippen LogP contribution in [-0.4, -0.2) is 30.1 Å². The highest BCUT2D eigenvalue weighted by Crippen LogP contribution is 2.37. The Bertz CT molecular complexity index is 1180. The first-order valence-corrected chi connectivity index (χ1v) is 10.6. The molecular formula is C24H21ClN2O4S. The smallest absolute Gasteiger partial charge is 0.270 e. The zero-order chi connectivity index (χ0) is 23.4. The molecule has 1 fully saturated rings. The molecule has 0 spiro atoms. The van der Waals surface area contributed by atoms with Crippen molar-refractivity contribution >= 4 is 52.5 Å². The number of carbonyl (C=O) groups excluding carboxylic acids is 2. The summed E-state index contributed by atoms with van der Waals surface area (Å²) >= 11 is 11.6. The zero-order valence-corrected chi connectivity index (χ0v) is 19.4. The van der Waals surface area contributed by atoms with E-state index >= 15 is 0 Å². The number of terminal acetylenes is 1. The molecule has 0 aromatic heterocycles. The highest BCUT2D eigenvalue weighted by molar-refractivity contribution is 7.80. The van der Waals surface area contributed by atoms with Gasteiger partial charge in [-0.1, -0.05) is 23.6 Å². The van der Waals surface area contributed by atoms with E-state index in [1.807, 2.05) is 32.9 Å². The minimum absolute atomic E-state index is 0.0174. The summed E-state index contributed by atoms with van der Waals surface area (Å²) in [6.07, 6.45) is 6.70. The van der Waals surface area contributed by atoms with E-state index in [1.165, 1.54) is 11.0 Å². The van der Waals surface area contributed by atoms with Crippen LogP contribution in [0.2, 0.25) is 5.02 Å². The number of anilines is 1. The molecule has 0 aliphatic carbocycles. The Balaban J connectivity index is 2.03. The number of halogens is 1. The molecule has 2 amide bonds. The Kier molecular flexibility index (Phi) is 7.18. The minimum atomic E-state index is -0.596. The number of hydrogen-bond donors (Lipinski definition) is 1. The Morgan fingerprint density at radius 2 is 1.94 bits per heavy atom. The quantitative estimate of drug-likeness (QED) is 0.298. The van der Waals surface area contributed by atoms with E-state index in [0.29, 0.717) is 29.4 Å². The zero-order valence-electron chi connectivity index (χ0n) is 17.8. The third-order valence-corrected chi connectivity index (χ3v) is 5.36. The number of nitrogens with zero attached hydrogens (tertiary/aromatic N) is 1. The fraction of sp³-hybridized carbons (Fsp3) is 0.208. The lowest BCUT2D eigenvalue weighted by atomic mass is 10.0. The van der Waals surface area contributed by atoms with Crippen LogP contribution in [0.3, 0.4) is 0 Å². The first kappa shape index (κ1) is 23.3. The van der Waals surface area contributed by atoms with Crippen molar-refractivity contribution in [3.63, 3.8) is 0 Å². The molecule has 6 nitrogen and oxygen atoms in total. The van der Waals surface area contributed by atoms with Gasteiger partial charge >= 0.3 is 0 Å². The molecule has 1 saturated heterocycles. The molecule has 2 aromatic rings. The molecule has 0 saturated carbocycles. The lowest BCUT2D eigenvalue weighted by Crippen LogP contribution is -2.54. The Hall–Kier alpha value is -3.34. The monoisotopic (exact) mass is 468 g/mol. The second-order valence-electron chi connectivity index (χ2n) is 6.98. The summed E-state index contributed by atoms with van der Waals surface area (Å²) in [5, 5.41) is 2.83. The molecule has 2 aromatic carbocycles. The van der Waals surface area contributed by atoms with Gasteiger partial charge in [0, 0.05) is 0 Å². The van der Waals surface area contributed by atoms with Crippen molar-refractivity contribution < 1.29 is 19.1 Å². The fourth-order valence-corrected chi connectivity index (χ4v) is 3.67. The van der Waals surface area contributed by atoms with Crippen molar-refractivity contribution in [2.45, 2.75) is 20.8 Å². The molecule has 164 valence electrons. The highest BCUT2D eigenvalue weighted by atomic mass is 35.5. The number of thiocarbonyl (C=S) groups is 1. The molecule has 1 aliphatic heterocycles. The van der Waals surface area contributed by atoms with Crippen LogP contribution in [0.1, 0.15) is 23.6 Å². The van der Waals surface area contributed by atoms with Crippen LogP contribution in [0.25, 0.3) is 6.08 Å². The minimum Gasteiger partial charge on any atom is -0.490 e. The molecule has 32 heavy (non-hydrogen) atoms. The Labute approximate surface area is 197 Å². The van der Waals surface area contributed by atoms with Crippen molar-refractivity contribution in [3.05, 3.63) is 57.6 Å². The molecule has 1 aliphatic rings. The number of ether oxygens (including phenoxy) is 2. The van der Waals surface area contributed by atoms with Gasteiger partial charge in [-0.3, -0.25) is 19.8 Å². The van der Waals surface area contributed by atoms with Crippen LogP contribution in [0.5, 0.6) is 11.5 Å².